The molecule has 0 unspecified atom stereocenters. The Labute approximate surface area is 98.1 Å². The van der Waals surface area contributed by atoms with Crippen LogP contribution in [-0.2, 0) is 12.3 Å². The van der Waals surface area contributed by atoms with Gasteiger partial charge < -0.3 is 0 Å². The molecule has 0 N–H and O–H groups in total. The molecule has 0 aliphatic heterocycles. The first kappa shape index (κ1) is 11.0. The lowest BCUT2D eigenvalue weighted by Crippen LogP contribution is -1.99. The fraction of sp³-hybridized carbons (Fsp3) is 0.167. The molecular formula is C12H10ClFN2. The fourth-order valence-electron chi connectivity index (χ4n) is 1.35. The highest BCUT2D eigenvalue weighted by molar-refractivity contribution is 6.17. The highest BCUT2D eigenvalue weighted by Crippen LogP contribution is 2.10. The van der Waals surface area contributed by atoms with E-state index in [1.54, 1.807) is 30.6 Å². The largest absolute Gasteiger partial charge is 0.241 e. The Hall–Kier alpha value is -1.48. The third-order valence-electron chi connectivity index (χ3n) is 2.22. The minimum absolute atomic E-state index is 0.229. The van der Waals surface area contributed by atoms with Gasteiger partial charge in [-0.2, -0.15) is 0 Å². The lowest BCUT2D eigenvalue weighted by Gasteiger charge is -2.02. The van der Waals surface area contributed by atoms with Crippen molar-refractivity contribution < 1.29 is 4.39 Å². The quantitative estimate of drug-likeness (QED) is 0.766. The summed E-state index contributed by atoms with van der Waals surface area (Å²) in [6, 6.07) is 6.62. The summed E-state index contributed by atoms with van der Waals surface area (Å²) in [6.07, 6.45) is 3.72. The van der Waals surface area contributed by atoms with E-state index in [2.05, 4.69) is 9.97 Å². The summed E-state index contributed by atoms with van der Waals surface area (Å²) in [5, 5.41) is 0. The zero-order valence-corrected chi connectivity index (χ0v) is 9.28. The number of nitrogens with zero attached hydrogens (tertiary/aromatic N) is 2. The van der Waals surface area contributed by atoms with E-state index in [0.717, 1.165) is 5.56 Å². The van der Waals surface area contributed by atoms with Gasteiger partial charge in [-0.3, -0.25) is 0 Å². The molecule has 2 rings (SSSR count). The molecule has 1 heterocycles. The zero-order chi connectivity index (χ0) is 11.4. The molecule has 0 atom stereocenters. The average molecular weight is 237 g/mol. The summed E-state index contributed by atoms with van der Waals surface area (Å²) in [5.41, 5.74) is 1.46. The summed E-state index contributed by atoms with van der Waals surface area (Å²) >= 11 is 5.62. The van der Waals surface area contributed by atoms with E-state index in [-0.39, 0.29) is 5.82 Å². The molecule has 1 aromatic carbocycles. The van der Waals surface area contributed by atoms with E-state index in [1.165, 1.54) is 6.07 Å². The lowest BCUT2D eigenvalue weighted by atomic mass is 10.1. The monoisotopic (exact) mass is 236 g/mol. The van der Waals surface area contributed by atoms with Crippen LogP contribution in [-0.4, -0.2) is 9.97 Å². The van der Waals surface area contributed by atoms with Gasteiger partial charge in [0.05, 0.1) is 5.88 Å². The number of benzene rings is 1. The van der Waals surface area contributed by atoms with Gasteiger partial charge in [0, 0.05) is 24.4 Å². The lowest BCUT2D eigenvalue weighted by molar-refractivity contribution is 0.612. The van der Waals surface area contributed by atoms with Crippen molar-refractivity contribution in [2.45, 2.75) is 12.3 Å². The van der Waals surface area contributed by atoms with Crippen LogP contribution in [0, 0.1) is 5.82 Å². The van der Waals surface area contributed by atoms with Crippen LogP contribution >= 0.6 is 11.6 Å². The van der Waals surface area contributed by atoms with Crippen LogP contribution < -0.4 is 0 Å². The van der Waals surface area contributed by atoms with Crippen LogP contribution in [0.1, 0.15) is 17.0 Å². The minimum Gasteiger partial charge on any atom is -0.241 e. The van der Waals surface area contributed by atoms with Gasteiger partial charge in [-0.05, 0) is 11.6 Å². The summed E-state index contributed by atoms with van der Waals surface area (Å²) in [5.74, 6) is 0.756. The van der Waals surface area contributed by atoms with Crippen LogP contribution in [0.3, 0.4) is 0 Å². The van der Waals surface area contributed by atoms with Gasteiger partial charge >= 0.3 is 0 Å². The predicted octanol–water partition coefficient (Wildman–Crippen LogP) is 2.95. The van der Waals surface area contributed by atoms with Gasteiger partial charge in [-0.15, -0.1) is 11.6 Å². The van der Waals surface area contributed by atoms with Gasteiger partial charge in [0.25, 0.3) is 0 Å². The molecule has 2 aromatic rings. The molecule has 1 aromatic heterocycles. The molecule has 0 aliphatic rings. The molecule has 2 nitrogen and oxygen atoms in total. The van der Waals surface area contributed by atoms with Crippen LogP contribution in [0.4, 0.5) is 4.39 Å². The van der Waals surface area contributed by atoms with Gasteiger partial charge in [-0.1, -0.05) is 18.2 Å². The van der Waals surface area contributed by atoms with E-state index < -0.39 is 0 Å². The molecule has 82 valence electrons. The van der Waals surface area contributed by atoms with Crippen molar-refractivity contribution in [3.05, 3.63) is 59.4 Å². The van der Waals surface area contributed by atoms with E-state index in [1.807, 2.05) is 0 Å². The molecule has 0 bridgehead atoms. The number of alkyl halides is 1. The molecule has 4 heteroatoms. The maximum atomic E-state index is 13.3. The number of hydrogen-bond acceptors (Lipinski definition) is 2. The summed E-state index contributed by atoms with van der Waals surface area (Å²) < 4.78 is 13.3. The maximum absolute atomic E-state index is 13.3. The van der Waals surface area contributed by atoms with Crippen molar-refractivity contribution in [1.29, 1.82) is 0 Å². The fourth-order valence-corrected chi connectivity index (χ4v) is 1.49. The summed E-state index contributed by atoms with van der Waals surface area (Å²) in [6.45, 7) is 0. The number of aromatic nitrogens is 2. The maximum Gasteiger partial charge on any atom is 0.132 e. The Balaban J connectivity index is 2.18. The number of hydrogen-bond donors (Lipinski definition) is 0. The highest BCUT2D eigenvalue weighted by Gasteiger charge is 2.04. The number of rotatable bonds is 3. The van der Waals surface area contributed by atoms with Gasteiger partial charge in [0.1, 0.15) is 11.6 Å². The standard InChI is InChI=1S/C12H10ClFN2/c13-6-9-7-15-12(16-8-9)5-10-3-1-2-4-11(10)14/h1-4,7-8H,5-6H2. The van der Waals surface area contributed by atoms with E-state index in [4.69, 9.17) is 11.6 Å². The molecule has 0 radical (unpaired) electrons. The highest BCUT2D eigenvalue weighted by atomic mass is 35.5. The Morgan fingerprint density at radius 2 is 1.81 bits per heavy atom. The molecule has 0 aliphatic carbocycles. The molecule has 0 saturated carbocycles. The van der Waals surface area contributed by atoms with Crippen molar-refractivity contribution in [3.63, 3.8) is 0 Å². The van der Waals surface area contributed by atoms with Crippen LogP contribution in [0.2, 0.25) is 0 Å². The molecule has 16 heavy (non-hydrogen) atoms. The molecule has 0 saturated heterocycles. The Kier molecular flexibility index (Phi) is 3.47. The van der Waals surface area contributed by atoms with Crippen LogP contribution in [0.5, 0.6) is 0 Å². The Morgan fingerprint density at radius 3 is 2.44 bits per heavy atom. The van der Waals surface area contributed by atoms with Crippen molar-refractivity contribution in [3.8, 4) is 0 Å². The first-order chi connectivity index (χ1) is 7.79. The van der Waals surface area contributed by atoms with Gasteiger partial charge in [0.2, 0.25) is 0 Å². The Bertz CT molecular complexity index is 471. The average Bonchev–Trinajstić information content (AvgIpc) is 2.33. The van der Waals surface area contributed by atoms with E-state index >= 15 is 0 Å². The second-order valence-electron chi connectivity index (χ2n) is 3.41. The second-order valence-corrected chi connectivity index (χ2v) is 3.68. The third kappa shape index (κ3) is 2.55. The first-order valence-corrected chi connectivity index (χ1v) is 5.42. The third-order valence-corrected chi connectivity index (χ3v) is 2.53. The second kappa shape index (κ2) is 5.03. The van der Waals surface area contributed by atoms with Crippen LogP contribution in [0.15, 0.2) is 36.7 Å². The van der Waals surface area contributed by atoms with E-state index in [0.29, 0.717) is 23.7 Å². The molecule has 0 spiro atoms. The van der Waals surface area contributed by atoms with Crippen molar-refractivity contribution >= 4 is 11.6 Å². The SMILES string of the molecule is Fc1ccccc1Cc1ncc(CCl)cn1. The summed E-state index contributed by atoms with van der Waals surface area (Å²) in [7, 11) is 0. The topological polar surface area (TPSA) is 25.8 Å². The van der Waals surface area contributed by atoms with Gasteiger partial charge in [-0.25, -0.2) is 14.4 Å². The predicted molar refractivity (Wildman–Crippen MR) is 60.8 cm³/mol. The minimum atomic E-state index is -0.229. The van der Waals surface area contributed by atoms with Gasteiger partial charge in [0.15, 0.2) is 0 Å². The van der Waals surface area contributed by atoms with Crippen molar-refractivity contribution in [2.24, 2.45) is 0 Å². The summed E-state index contributed by atoms with van der Waals surface area (Å²) in [4.78, 5) is 8.25. The van der Waals surface area contributed by atoms with Crippen LogP contribution in [0.25, 0.3) is 0 Å². The van der Waals surface area contributed by atoms with Crippen molar-refractivity contribution in [2.75, 3.05) is 0 Å². The van der Waals surface area contributed by atoms with Crippen molar-refractivity contribution in [1.82, 2.24) is 9.97 Å². The number of halogens is 2. The molecule has 0 fully saturated rings. The first-order valence-electron chi connectivity index (χ1n) is 4.89. The molecular weight excluding hydrogens is 227 g/mol. The molecule has 0 amide bonds. The Morgan fingerprint density at radius 1 is 1.12 bits per heavy atom. The smallest absolute Gasteiger partial charge is 0.132 e. The van der Waals surface area contributed by atoms with E-state index in [9.17, 15) is 4.39 Å². The normalized spacial score (nSPS) is 10.4. The zero-order valence-electron chi connectivity index (χ0n) is 8.53.